The SMILES string of the molecule is C[C@H]1C(=O)O[C@H](C)[C@@]2(C)OC(=O)N[C@@H]2[C@@H](C)C(=O)[C@H](C)C[C@](C)(OC/C=C\c2cnc3ccccc3c2)[C@H](O[C@@H]2O[C@H](C)C[C@H](N(C)C)[C@H]2O)[C@@H](C)C1=O. The van der Waals surface area contributed by atoms with Crippen LogP contribution in [0.15, 0.2) is 42.6 Å². The van der Waals surface area contributed by atoms with Crippen LogP contribution in [0.3, 0.4) is 0 Å². The zero-order valence-electron chi connectivity index (χ0n) is 33.1. The predicted molar refractivity (Wildman–Crippen MR) is 201 cm³/mol. The van der Waals surface area contributed by atoms with Gasteiger partial charge in [0.1, 0.15) is 23.9 Å². The number of amides is 1. The Balaban J connectivity index is 1.55. The number of benzene rings is 1. The lowest BCUT2D eigenvalue weighted by Gasteiger charge is -2.47. The average Bonchev–Trinajstić information content (AvgIpc) is 3.45. The Labute approximate surface area is 318 Å². The van der Waals surface area contributed by atoms with Gasteiger partial charge in [-0.05, 0) is 79.3 Å². The topological polar surface area (TPSA) is 163 Å². The number of para-hydroxylation sites is 1. The molecule has 1 aromatic carbocycles. The van der Waals surface area contributed by atoms with Crippen molar-refractivity contribution in [1.82, 2.24) is 15.2 Å². The second-order valence-corrected chi connectivity index (χ2v) is 16.1. The van der Waals surface area contributed by atoms with E-state index in [0.29, 0.717) is 6.42 Å². The predicted octanol–water partition coefficient (Wildman–Crippen LogP) is 4.72. The number of hydrogen-bond acceptors (Lipinski definition) is 12. The van der Waals surface area contributed by atoms with E-state index in [1.165, 1.54) is 6.92 Å². The number of aliphatic hydroxyl groups is 1. The molecule has 0 unspecified atom stereocenters. The fourth-order valence-corrected chi connectivity index (χ4v) is 8.34. The van der Waals surface area contributed by atoms with Crippen molar-refractivity contribution in [3.05, 3.63) is 48.2 Å². The van der Waals surface area contributed by atoms with Crippen molar-refractivity contribution in [3.63, 3.8) is 0 Å². The van der Waals surface area contributed by atoms with E-state index in [-0.39, 0.29) is 31.0 Å². The minimum Gasteiger partial charge on any atom is -0.458 e. The molecule has 0 bridgehead atoms. The molecule has 3 aliphatic heterocycles. The molecule has 1 amide bonds. The quantitative estimate of drug-likeness (QED) is 0.296. The van der Waals surface area contributed by atoms with Gasteiger partial charge in [0.25, 0.3) is 0 Å². The summed E-state index contributed by atoms with van der Waals surface area (Å²) in [6.07, 6.45) is 0.782. The molecule has 0 spiro atoms. The summed E-state index contributed by atoms with van der Waals surface area (Å²) in [7, 11) is 3.74. The van der Waals surface area contributed by atoms with Crippen molar-refractivity contribution in [2.45, 2.75) is 122 Å². The molecular formula is C41H57N3O10. The van der Waals surface area contributed by atoms with Gasteiger partial charge in [-0.1, -0.05) is 51.1 Å². The Bertz CT molecular complexity index is 1730. The molecule has 2 N–H and O–H groups in total. The van der Waals surface area contributed by atoms with Crippen LogP contribution in [0.25, 0.3) is 17.0 Å². The van der Waals surface area contributed by atoms with Gasteiger partial charge in [0.2, 0.25) is 0 Å². The molecule has 13 nitrogen and oxygen atoms in total. The van der Waals surface area contributed by atoms with Crippen molar-refractivity contribution in [3.8, 4) is 0 Å². The van der Waals surface area contributed by atoms with Crippen molar-refractivity contribution in [2.24, 2.45) is 23.7 Å². The second kappa shape index (κ2) is 16.5. The number of alkyl carbamates (subject to hydrolysis) is 1. The highest BCUT2D eigenvalue weighted by atomic mass is 16.7. The molecule has 13 atom stereocenters. The number of likely N-dealkylation sites (N-methyl/N-ethyl adjacent to an activating group) is 1. The van der Waals surface area contributed by atoms with E-state index in [1.54, 1.807) is 47.7 Å². The molecule has 0 aliphatic carbocycles. The largest absolute Gasteiger partial charge is 0.458 e. The first-order valence-corrected chi connectivity index (χ1v) is 18.9. The van der Waals surface area contributed by atoms with Crippen molar-refractivity contribution in [1.29, 1.82) is 0 Å². The zero-order chi connectivity index (χ0) is 39.7. The van der Waals surface area contributed by atoms with Crippen molar-refractivity contribution in [2.75, 3.05) is 20.7 Å². The lowest BCUT2D eigenvalue weighted by molar-refractivity contribution is -0.296. The molecule has 2 aromatic rings. The Morgan fingerprint density at radius 3 is 2.43 bits per heavy atom. The van der Waals surface area contributed by atoms with E-state index in [4.69, 9.17) is 23.7 Å². The normalized spacial score (nSPS) is 38.6. The summed E-state index contributed by atoms with van der Waals surface area (Å²) >= 11 is 0. The van der Waals surface area contributed by atoms with Gasteiger partial charge in [-0.25, -0.2) is 4.79 Å². The molecule has 0 radical (unpaired) electrons. The molecule has 3 aliphatic rings. The van der Waals surface area contributed by atoms with Crippen LogP contribution in [-0.2, 0) is 38.1 Å². The molecule has 296 valence electrons. The van der Waals surface area contributed by atoms with E-state index in [0.717, 1.165) is 16.5 Å². The van der Waals surface area contributed by atoms with E-state index < -0.39 is 83.4 Å². The van der Waals surface area contributed by atoms with E-state index >= 15 is 0 Å². The third kappa shape index (κ3) is 8.55. The number of ketones is 2. The summed E-state index contributed by atoms with van der Waals surface area (Å²) in [4.78, 5) is 61.4. The number of esters is 1. The van der Waals surface area contributed by atoms with E-state index in [1.807, 2.05) is 68.4 Å². The number of cyclic esters (lactones) is 1. The van der Waals surface area contributed by atoms with Crippen LogP contribution < -0.4 is 5.32 Å². The van der Waals surface area contributed by atoms with Gasteiger partial charge >= 0.3 is 12.1 Å². The van der Waals surface area contributed by atoms with E-state index in [9.17, 15) is 24.3 Å². The molecular weight excluding hydrogens is 694 g/mol. The maximum Gasteiger partial charge on any atom is 0.408 e. The fraction of sp³-hybridized carbons (Fsp3) is 0.634. The molecule has 3 saturated heterocycles. The number of pyridine rings is 1. The smallest absolute Gasteiger partial charge is 0.408 e. The van der Waals surface area contributed by atoms with Gasteiger partial charge < -0.3 is 39.0 Å². The van der Waals surface area contributed by atoms with Gasteiger partial charge in [0.15, 0.2) is 17.7 Å². The van der Waals surface area contributed by atoms with Crippen LogP contribution in [0.2, 0.25) is 0 Å². The Morgan fingerprint density at radius 1 is 1.02 bits per heavy atom. The number of nitrogens with zero attached hydrogens (tertiary/aromatic N) is 2. The van der Waals surface area contributed by atoms with Crippen LogP contribution in [0.1, 0.15) is 73.8 Å². The van der Waals surface area contributed by atoms with Gasteiger partial charge in [-0.15, -0.1) is 0 Å². The highest BCUT2D eigenvalue weighted by molar-refractivity contribution is 6.00. The van der Waals surface area contributed by atoms with Gasteiger partial charge in [-0.2, -0.15) is 0 Å². The van der Waals surface area contributed by atoms with Crippen LogP contribution in [0.4, 0.5) is 4.79 Å². The molecule has 13 heteroatoms. The molecule has 1 aromatic heterocycles. The number of carbonyl (C=O) groups is 4. The summed E-state index contributed by atoms with van der Waals surface area (Å²) in [5.41, 5.74) is -1.01. The first kappa shape index (κ1) is 41.4. The zero-order valence-corrected chi connectivity index (χ0v) is 33.1. The summed E-state index contributed by atoms with van der Waals surface area (Å²) in [6, 6.07) is 8.69. The average molecular weight is 752 g/mol. The number of aromatic nitrogens is 1. The number of Topliss-reactive ketones (excluding diaryl/α,β-unsaturated/α-hetero) is 2. The Morgan fingerprint density at radius 2 is 1.72 bits per heavy atom. The molecule has 54 heavy (non-hydrogen) atoms. The van der Waals surface area contributed by atoms with E-state index in [2.05, 4.69) is 10.3 Å². The number of aliphatic hydroxyl groups excluding tert-OH is 1. The highest BCUT2D eigenvalue weighted by Crippen LogP contribution is 2.40. The van der Waals surface area contributed by atoms with Crippen LogP contribution in [0.5, 0.6) is 0 Å². The summed E-state index contributed by atoms with van der Waals surface area (Å²) < 4.78 is 31.1. The maximum absolute atomic E-state index is 14.3. The summed E-state index contributed by atoms with van der Waals surface area (Å²) in [5.74, 6) is -5.15. The number of rotatable bonds is 7. The Hall–Kier alpha value is -3.75. The molecule has 0 saturated carbocycles. The fourth-order valence-electron chi connectivity index (χ4n) is 8.34. The minimum atomic E-state index is -1.39. The number of ether oxygens (including phenoxy) is 5. The van der Waals surface area contributed by atoms with Gasteiger partial charge in [0.05, 0.1) is 36.0 Å². The third-order valence-corrected chi connectivity index (χ3v) is 11.7. The van der Waals surface area contributed by atoms with Crippen LogP contribution in [-0.4, -0.2) is 113 Å². The molecule has 5 rings (SSSR count). The lowest BCUT2D eigenvalue weighted by atomic mass is 9.74. The number of carbonyl (C=O) groups excluding carboxylic acids is 4. The van der Waals surface area contributed by atoms with Crippen molar-refractivity contribution < 1.29 is 48.0 Å². The minimum absolute atomic E-state index is 0.0606. The van der Waals surface area contributed by atoms with Crippen LogP contribution in [0, 0.1) is 23.7 Å². The second-order valence-electron chi connectivity index (χ2n) is 16.1. The van der Waals surface area contributed by atoms with Crippen LogP contribution >= 0.6 is 0 Å². The third-order valence-electron chi connectivity index (χ3n) is 11.7. The maximum atomic E-state index is 14.3. The Kier molecular flexibility index (Phi) is 12.7. The molecule has 3 fully saturated rings. The summed E-state index contributed by atoms with van der Waals surface area (Å²) in [6.45, 7) is 13.6. The monoisotopic (exact) mass is 751 g/mol. The van der Waals surface area contributed by atoms with Crippen molar-refractivity contribution >= 4 is 40.6 Å². The lowest BCUT2D eigenvalue weighted by Crippen LogP contribution is -2.60. The highest BCUT2D eigenvalue weighted by Gasteiger charge is 2.56. The van der Waals surface area contributed by atoms with Gasteiger partial charge in [-0.3, -0.25) is 19.4 Å². The summed E-state index contributed by atoms with van der Waals surface area (Å²) in [5, 5.41) is 15.3. The number of hydrogen-bond donors (Lipinski definition) is 2. The first-order chi connectivity index (χ1) is 25.4. The number of nitrogens with one attached hydrogen (secondary N) is 1. The first-order valence-electron chi connectivity index (χ1n) is 18.9. The molecule has 4 heterocycles. The van der Waals surface area contributed by atoms with Gasteiger partial charge in [0, 0.05) is 35.4 Å². The standard InChI is InChI=1S/C41H57N3O10/c1-22-20-40(7,50-17-13-14-28-19-29-15-11-12-16-30(29)42-21-28)36(53-38-34(47)31(44(9)10)18-23(2)51-38)25(4)33(46)26(5)37(48)52-27(6)41(8)35(24(3)32(22)45)43-39(49)54-41/h11-16,19,21-27,31,34-36,38,47H,17-18,20H2,1-10H3,(H,43,49)/b14-13-/t22-,23-,24+,25+,26-,27-,31+,34-,35-,36-,38+,40+,41-/m1/s1. The number of fused-ring (bicyclic) bond motifs is 2.